The fourth-order valence-corrected chi connectivity index (χ4v) is 4.10. The Hall–Kier alpha value is -3.60. The molecular weight excluding hydrogens is 392 g/mol. The lowest BCUT2D eigenvalue weighted by molar-refractivity contribution is -0.128. The number of carbonyl (C=O) groups is 2. The number of nitriles is 1. The first kappa shape index (κ1) is 20.7. The minimum Gasteiger partial charge on any atom is -0.352 e. The van der Waals surface area contributed by atoms with Gasteiger partial charge in [0, 0.05) is 58.4 Å². The Bertz CT molecular complexity index is 994. The molecule has 8 heteroatoms. The molecule has 1 N–H and O–H groups in total. The lowest BCUT2D eigenvalue weighted by Crippen LogP contribution is -2.52. The van der Waals surface area contributed by atoms with Crippen molar-refractivity contribution in [3.8, 4) is 6.07 Å². The third-order valence-corrected chi connectivity index (χ3v) is 5.85. The quantitative estimate of drug-likeness (QED) is 0.803. The number of pyridine rings is 1. The molecule has 3 amide bonds. The third-order valence-electron chi connectivity index (χ3n) is 5.85. The molecule has 2 saturated heterocycles. The molecule has 0 saturated carbocycles. The number of hydrogen-bond donors (Lipinski definition) is 1. The SMILES string of the molecule is N#Cc1cccnc1N1CCN(C(=O)NCc2ccccc2CN2CCCC2=O)CC1. The molecule has 2 aliphatic heterocycles. The summed E-state index contributed by atoms with van der Waals surface area (Å²) in [4.78, 5) is 34.7. The normalized spacial score (nSPS) is 16.4. The zero-order chi connectivity index (χ0) is 21.6. The summed E-state index contributed by atoms with van der Waals surface area (Å²) in [6.07, 6.45) is 3.22. The molecule has 1 aromatic heterocycles. The summed E-state index contributed by atoms with van der Waals surface area (Å²) in [6.45, 7) is 4.21. The number of nitrogens with one attached hydrogen (secondary N) is 1. The van der Waals surface area contributed by atoms with Gasteiger partial charge in [-0.25, -0.2) is 9.78 Å². The highest BCUT2D eigenvalue weighted by atomic mass is 16.2. The minimum atomic E-state index is -0.103. The molecule has 4 rings (SSSR count). The van der Waals surface area contributed by atoms with Crippen molar-refractivity contribution < 1.29 is 9.59 Å². The Morgan fingerprint density at radius 3 is 2.55 bits per heavy atom. The van der Waals surface area contributed by atoms with Gasteiger partial charge in [0.15, 0.2) is 0 Å². The molecule has 2 aromatic rings. The first-order chi connectivity index (χ1) is 15.2. The van der Waals surface area contributed by atoms with Crippen molar-refractivity contribution in [2.75, 3.05) is 37.6 Å². The lowest BCUT2D eigenvalue weighted by atomic mass is 10.1. The Morgan fingerprint density at radius 2 is 1.84 bits per heavy atom. The molecule has 1 aromatic carbocycles. The summed E-state index contributed by atoms with van der Waals surface area (Å²) in [7, 11) is 0. The number of rotatable bonds is 5. The van der Waals surface area contributed by atoms with Crippen LogP contribution >= 0.6 is 0 Å². The second-order valence-corrected chi connectivity index (χ2v) is 7.81. The van der Waals surface area contributed by atoms with Gasteiger partial charge in [0.05, 0.1) is 5.56 Å². The number of amides is 3. The van der Waals surface area contributed by atoms with E-state index < -0.39 is 0 Å². The van der Waals surface area contributed by atoms with Gasteiger partial charge in [-0.15, -0.1) is 0 Å². The predicted octanol–water partition coefficient (Wildman–Crippen LogP) is 2.11. The third kappa shape index (κ3) is 4.77. The summed E-state index contributed by atoms with van der Waals surface area (Å²) in [5, 5.41) is 12.3. The highest BCUT2D eigenvalue weighted by Gasteiger charge is 2.24. The Kier molecular flexibility index (Phi) is 6.32. The average Bonchev–Trinajstić information content (AvgIpc) is 3.22. The van der Waals surface area contributed by atoms with Gasteiger partial charge in [-0.2, -0.15) is 5.26 Å². The molecule has 0 atom stereocenters. The van der Waals surface area contributed by atoms with Crippen molar-refractivity contribution in [3.05, 3.63) is 59.3 Å². The molecule has 0 radical (unpaired) electrons. The maximum Gasteiger partial charge on any atom is 0.317 e. The van der Waals surface area contributed by atoms with E-state index in [2.05, 4.69) is 16.4 Å². The van der Waals surface area contributed by atoms with E-state index in [9.17, 15) is 14.9 Å². The molecule has 31 heavy (non-hydrogen) atoms. The van der Waals surface area contributed by atoms with Crippen molar-refractivity contribution in [3.63, 3.8) is 0 Å². The van der Waals surface area contributed by atoms with Gasteiger partial charge in [0.2, 0.25) is 5.91 Å². The fraction of sp³-hybridized carbons (Fsp3) is 0.391. The summed E-state index contributed by atoms with van der Waals surface area (Å²) < 4.78 is 0. The van der Waals surface area contributed by atoms with E-state index in [0.29, 0.717) is 57.1 Å². The van der Waals surface area contributed by atoms with Crippen LogP contribution in [0.15, 0.2) is 42.6 Å². The van der Waals surface area contributed by atoms with E-state index in [0.717, 1.165) is 24.1 Å². The molecule has 0 bridgehead atoms. The van der Waals surface area contributed by atoms with Gasteiger partial charge in [0.1, 0.15) is 11.9 Å². The van der Waals surface area contributed by atoms with E-state index in [1.165, 1.54) is 0 Å². The smallest absolute Gasteiger partial charge is 0.317 e. The maximum absolute atomic E-state index is 12.7. The summed E-state index contributed by atoms with van der Waals surface area (Å²) >= 11 is 0. The number of benzene rings is 1. The van der Waals surface area contributed by atoms with Crippen LogP contribution in [0.5, 0.6) is 0 Å². The van der Waals surface area contributed by atoms with Crippen molar-refractivity contribution >= 4 is 17.8 Å². The number of piperazine rings is 1. The number of nitrogens with zero attached hydrogens (tertiary/aromatic N) is 5. The Labute approximate surface area is 182 Å². The van der Waals surface area contributed by atoms with E-state index in [-0.39, 0.29) is 11.9 Å². The second-order valence-electron chi connectivity index (χ2n) is 7.81. The number of likely N-dealkylation sites (tertiary alicyclic amines) is 1. The number of aromatic nitrogens is 1. The minimum absolute atomic E-state index is 0.103. The predicted molar refractivity (Wildman–Crippen MR) is 116 cm³/mol. The zero-order valence-corrected chi connectivity index (χ0v) is 17.5. The van der Waals surface area contributed by atoms with Crippen LogP contribution in [0.3, 0.4) is 0 Å². The van der Waals surface area contributed by atoms with E-state index in [1.807, 2.05) is 34.1 Å². The van der Waals surface area contributed by atoms with Crippen LogP contribution in [0.2, 0.25) is 0 Å². The molecule has 3 heterocycles. The van der Waals surface area contributed by atoms with Crippen LogP contribution in [0.4, 0.5) is 10.6 Å². The Morgan fingerprint density at radius 1 is 1.06 bits per heavy atom. The molecule has 0 unspecified atom stereocenters. The van der Waals surface area contributed by atoms with Crippen molar-refractivity contribution in [1.82, 2.24) is 20.1 Å². The molecule has 2 fully saturated rings. The molecule has 0 spiro atoms. The molecule has 160 valence electrons. The van der Waals surface area contributed by atoms with Gasteiger partial charge in [-0.3, -0.25) is 4.79 Å². The van der Waals surface area contributed by atoms with Crippen molar-refractivity contribution in [2.45, 2.75) is 25.9 Å². The Balaban J connectivity index is 1.31. The molecule has 0 aliphatic carbocycles. The lowest BCUT2D eigenvalue weighted by Gasteiger charge is -2.35. The van der Waals surface area contributed by atoms with Crippen molar-refractivity contribution in [1.29, 1.82) is 5.26 Å². The van der Waals surface area contributed by atoms with Gasteiger partial charge in [-0.05, 0) is 29.7 Å². The zero-order valence-electron chi connectivity index (χ0n) is 17.5. The number of anilines is 1. The standard InChI is InChI=1S/C23H26N6O2/c24-15-18-7-3-9-25-22(18)27-11-13-28(14-12-27)23(31)26-16-19-5-1-2-6-20(19)17-29-10-4-8-21(29)30/h1-3,5-7,9H,4,8,10-14,16-17H2,(H,26,31). The van der Waals surface area contributed by atoms with Crippen LogP contribution in [-0.4, -0.2) is 59.4 Å². The first-order valence-corrected chi connectivity index (χ1v) is 10.6. The van der Waals surface area contributed by atoms with Gasteiger partial charge < -0.3 is 20.0 Å². The highest BCUT2D eigenvalue weighted by Crippen LogP contribution is 2.19. The average molecular weight is 419 g/mol. The van der Waals surface area contributed by atoms with Gasteiger partial charge >= 0.3 is 6.03 Å². The van der Waals surface area contributed by atoms with Crippen LogP contribution < -0.4 is 10.2 Å². The van der Waals surface area contributed by atoms with E-state index in [1.54, 1.807) is 23.2 Å². The van der Waals surface area contributed by atoms with Gasteiger partial charge in [0.25, 0.3) is 0 Å². The van der Waals surface area contributed by atoms with E-state index in [4.69, 9.17) is 0 Å². The van der Waals surface area contributed by atoms with Crippen molar-refractivity contribution in [2.24, 2.45) is 0 Å². The van der Waals surface area contributed by atoms with Crippen LogP contribution in [0.25, 0.3) is 0 Å². The number of urea groups is 1. The topological polar surface area (TPSA) is 92.6 Å². The maximum atomic E-state index is 12.7. The monoisotopic (exact) mass is 418 g/mol. The molecule has 8 nitrogen and oxygen atoms in total. The second kappa shape index (κ2) is 9.47. The first-order valence-electron chi connectivity index (χ1n) is 10.6. The molecular formula is C23H26N6O2. The van der Waals surface area contributed by atoms with Crippen LogP contribution in [0, 0.1) is 11.3 Å². The number of carbonyl (C=O) groups excluding carboxylic acids is 2. The summed E-state index contributed by atoms with van der Waals surface area (Å²) in [6, 6.07) is 13.5. The highest BCUT2D eigenvalue weighted by molar-refractivity contribution is 5.78. The van der Waals surface area contributed by atoms with Crippen LogP contribution in [-0.2, 0) is 17.9 Å². The fourth-order valence-electron chi connectivity index (χ4n) is 4.10. The largest absolute Gasteiger partial charge is 0.352 e. The number of hydrogen-bond acceptors (Lipinski definition) is 5. The molecule has 2 aliphatic rings. The van der Waals surface area contributed by atoms with Gasteiger partial charge in [-0.1, -0.05) is 24.3 Å². The summed E-state index contributed by atoms with van der Waals surface area (Å²) in [5.41, 5.74) is 2.65. The summed E-state index contributed by atoms with van der Waals surface area (Å²) in [5.74, 6) is 0.875. The van der Waals surface area contributed by atoms with Crippen LogP contribution in [0.1, 0.15) is 29.5 Å². The van der Waals surface area contributed by atoms with E-state index >= 15 is 0 Å².